The Morgan fingerprint density at radius 2 is 2.13 bits per heavy atom. The topological polar surface area (TPSA) is 137 Å². The Labute approximate surface area is 88.7 Å². The fraction of sp³-hybridized carbons (Fsp3) is 0.750. The predicted molar refractivity (Wildman–Crippen MR) is 57.6 cm³/mol. The number of hydrogen-bond donors (Lipinski definition) is 6. The van der Waals surface area contributed by atoms with E-state index in [-0.39, 0.29) is 5.96 Å². The van der Waals surface area contributed by atoms with Crippen molar-refractivity contribution in [1.29, 1.82) is 5.41 Å². The van der Waals surface area contributed by atoms with Crippen LogP contribution in [0.15, 0.2) is 0 Å². The van der Waals surface area contributed by atoms with E-state index in [1.807, 2.05) is 0 Å². The van der Waals surface area contributed by atoms with Crippen LogP contribution >= 0.6 is 0 Å². The molecule has 7 heteroatoms. The van der Waals surface area contributed by atoms with Gasteiger partial charge in [0.15, 0.2) is 5.96 Å². The van der Waals surface area contributed by atoms with E-state index in [4.69, 9.17) is 22.0 Å². The van der Waals surface area contributed by atoms with Gasteiger partial charge in [0.25, 0.3) is 0 Å². The molecular formula is C8H19N5O2. The fourth-order valence-corrected chi connectivity index (χ4v) is 1.10. The molecule has 88 valence electrons. The first-order valence-electron chi connectivity index (χ1n) is 4.82. The van der Waals surface area contributed by atoms with E-state index in [1.54, 1.807) is 0 Å². The molecule has 0 amide bonds. The number of carbonyl (C=O) groups is 1. The molecule has 0 saturated carbocycles. The van der Waals surface area contributed by atoms with Crippen molar-refractivity contribution in [2.24, 2.45) is 11.5 Å². The molecule has 0 unspecified atom stereocenters. The summed E-state index contributed by atoms with van der Waals surface area (Å²) in [5, 5.41) is 21.1. The van der Waals surface area contributed by atoms with Crippen LogP contribution in [-0.4, -0.2) is 42.7 Å². The Balaban J connectivity index is 3.66. The maximum absolute atomic E-state index is 10.7. The average molecular weight is 217 g/mol. The molecule has 0 rings (SSSR count). The Kier molecular flexibility index (Phi) is 7.29. The molecule has 8 N–H and O–H groups in total. The molecule has 15 heavy (non-hydrogen) atoms. The van der Waals surface area contributed by atoms with Crippen molar-refractivity contribution in [2.75, 3.05) is 19.6 Å². The summed E-state index contributed by atoms with van der Waals surface area (Å²) < 4.78 is 0. The largest absolute Gasteiger partial charge is 0.480 e. The van der Waals surface area contributed by atoms with Gasteiger partial charge in [0.05, 0.1) is 0 Å². The Bertz CT molecular complexity index is 209. The molecule has 0 aromatic carbocycles. The summed E-state index contributed by atoms with van der Waals surface area (Å²) in [6, 6.07) is -0.581. The molecule has 0 aromatic heterocycles. The molecule has 0 aliphatic carbocycles. The quantitative estimate of drug-likeness (QED) is 0.162. The summed E-state index contributed by atoms with van der Waals surface area (Å²) >= 11 is 0. The number of aliphatic carboxylic acids is 1. The van der Waals surface area contributed by atoms with Gasteiger partial charge in [0.1, 0.15) is 6.04 Å². The summed E-state index contributed by atoms with van der Waals surface area (Å²) in [5.41, 5.74) is 10.3. The van der Waals surface area contributed by atoms with Gasteiger partial charge in [0, 0.05) is 19.6 Å². The summed E-state index contributed by atoms with van der Waals surface area (Å²) in [4.78, 5) is 10.7. The van der Waals surface area contributed by atoms with Gasteiger partial charge in [-0.3, -0.25) is 10.2 Å². The number of nitrogens with two attached hydrogens (primary N) is 2. The smallest absolute Gasteiger partial charge is 0.320 e. The zero-order valence-electron chi connectivity index (χ0n) is 8.62. The van der Waals surface area contributed by atoms with Crippen molar-refractivity contribution in [3.05, 3.63) is 0 Å². The van der Waals surface area contributed by atoms with Crippen molar-refractivity contribution < 1.29 is 9.90 Å². The van der Waals surface area contributed by atoms with Crippen LogP contribution in [0.3, 0.4) is 0 Å². The number of nitrogens with one attached hydrogen (secondary N) is 3. The summed E-state index contributed by atoms with van der Waals surface area (Å²) in [6.07, 6.45) is 1.11. The lowest BCUT2D eigenvalue weighted by molar-refractivity contribution is -0.139. The first-order chi connectivity index (χ1) is 7.07. The molecule has 0 bridgehead atoms. The van der Waals surface area contributed by atoms with Gasteiger partial charge in [-0.15, -0.1) is 0 Å². The van der Waals surface area contributed by atoms with E-state index in [1.165, 1.54) is 0 Å². The maximum Gasteiger partial charge on any atom is 0.320 e. The molecular weight excluding hydrogens is 198 g/mol. The van der Waals surface area contributed by atoms with Crippen LogP contribution in [-0.2, 0) is 4.79 Å². The molecule has 0 aromatic rings. The molecule has 7 nitrogen and oxygen atoms in total. The van der Waals surface area contributed by atoms with Crippen LogP contribution in [0.2, 0.25) is 0 Å². The highest BCUT2D eigenvalue weighted by Gasteiger charge is 2.15. The first kappa shape index (κ1) is 13.7. The lowest BCUT2D eigenvalue weighted by atomic mass is 10.1. The standard InChI is InChI=1S/C8H19N5O2/c9-3-5-12-6(7(14)15)2-1-4-13-8(10)11/h6,12H,1-5,9H2,(H,14,15)(H4,10,11,13)/t6-/m1/s1. The van der Waals surface area contributed by atoms with Gasteiger partial charge in [-0.1, -0.05) is 0 Å². The van der Waals surface area contributed by atoms with Gasteiger partial charge in [-0.25, -0.2) is 0 Å². The normalized spacial score (nSPS) is 12.1. The zero-order valence-corrected chi connectivity index (χ0v) is 8.62. The van der Waals surface area contributed by atoms with E-state index in [2.05, 4.69) is 10.6 Å². The third kappa shape index (κ3) is 7.71. The van der Waals surface area contributed by atoms with Gasteiger partial charge in [-0.05, 0) is 12.8 Å². The molecule has 0 spiro atoms. The lowest BCUT2D eigenvalue weighted by Gasteiger charge is -2.13. The minimum Gasteiger partial charge on any atom is -0.480 e. The second-order valence-electron chi connectivity index (χ2n) is 3.12. The Hall–Kier alpha value is -1.34. The van der Waals surface area contributed by atoms with Gasteiger partial charge in [0.2, 0.25) is 0 Å². The van der Waals surface area contributed by atoms with Crippen LogP contribution in [0.4, 0.5) is 0 Å². The number of carboxylic acids is 1. The van der Waals surface area contributed by atoms with Crippen molar-refractivity contribution in [1.82, 2.24) is 10.6 Å². The third-order valence-corrected chi connectivity index (χ3v) is 1.82. The monoisotopic (exact) mass is 217 g/mol. The van der Waals surface area contributed by atoms with Crippen LogP contribution in [0.5, 0.6) is 0 Å². The van der Waals surface area contributed by atoms with E-state index < -0.39 is 12.0 Å². The van der Waals surface area contributed by atoms with Crippen molar-refractivity contribution in [2.45, 2.75) is 18.9 Å². The molecule has 0 fully saturated rings. The zero-order chi connectivity index (χ0) is 11.7. The van der Waals surface area contributed by atoms with Crippen LogP contribution in [0.1, 0.15) is 12.8 Å². The molecule has 0 saturated heterocycles. The highest BCUT2D eigenvalue weighted by molar-refractivity contribution is 5.74. The second kappa shape index (κ2) is 8.01. The van der Waals surface area contributed by atoms with Crippen molar-refractivity contribution >= 4 is 11.9 Å². The number of rotatable bonds is 8. The Morgan fingerprint density at radius 3 is 2.60 bits per heavy atom. The van der Waals surface area contributed by atoms with Crippen LogP contribution < -0.4 is 22.1 Å². The SMILES string of the molecule is N=C(N)NCCC[C@@H](NCCN)C(=O)O. The molecule has 0 aliphatic rings. The molecule has 1 atom stereocenters. The minimum atomic E-state index is -0.883. The van der Waals surface area contributed by atoms with Crippen LogP contribution in [0.25, 0.3) is 0 Å². The van der Waals surface area contributed by atoms with E-state index in [0.717, 1.165) is 0 Å². The average Bonchev–Trinajstić information content (AvgIpc) is 2.15. The fourth-order valence-electron chi connectivity index (χ4n) is 1.10. The minimum absolute atomic E-state index is 0.100. The van der Waals surface area contributed by atoms with Crippen LogP contribution in [0, 0.1) is 5.41 Å². The van der Waals surface area contributed by atoms with Crippen molar-refractivity contribution in [3.63, 3.8) is 0 Å². The Morgan fingerprint density at radius 1 is 1.47 bits per heavy atom. The van der Waals surface area contributed by atoms with Crippen molar-refractivity contribution in [3.8, 4) is 0 Å². The summed E-state index contributed by atoms with van der Waals surface area (Å²) in [6.45, 7) is 1.40. The summed E-state index contributed by atoms with van der Waals surface area (Å²) in [7, 11) is 0. The maximum atomic E-state index is 10.7. The van der Waals surface area contributed by atoms with E-state index in [9.17, 15) is 4.79 Å². The number of carboxylic acid groups (broad SMARTS) is 1. The van der Waals surface area contributed by atoms with Gasteiger partial charge in [-0.2, -0.15) is 0 Å². The first-order valence-corrected chi connectivity index (χ1v) is 4.82. The third-order valence-electron chi connectivity index (χ3n) is 1.82. The molecule has 0 aliphatic heterocycles. The highest BCUT2D eigenvalue weighted by atomic mass is 16.4. The number of guanidine groups is 1. The number of hydrogen-bond acceptors (Lipinski definition) is 4. The van der Waals surface area contributed by atoms with E-state index >= 15 is 0 Å². The predicted octanol–water partition coefficient (Wildman–Crippen LogP) is -1.75. The lowest BCUT2D eigenvalue weighted by Crippen LogP contribution is -2.40. The van der Waals surface area contributed by atoms with Gasteiger partial charge >= 0.3 is 5.97 Å². The molecule has 0 heterocycles. The highest BCUT2D eigenvalue weighted by Crippen LogP contribution is 1.96. The molecule has 0 radical (unpaired) electrons. The van der Waals surface area contributed by atoms with Gasteiger partial charge < -0.3 is 27.2 Å². The second-order valence-corrected chi connectivity index (χ2v) is 3.12. The summed E-state index contributed by atoms with van der Waals surface area (Å²) in [5.74, 6) is -0.983. The van der Waals surface area contributed by atoms with E-state index in [0.29, 0.717) is 32.5 Å².